The van der Waals surface area contributed by atoms with Gasteiger partial charge in [0.25, 0.3) is 5.56 Å². The van der Waals surface area contributed by atoms with Gasteiger partial charge in [-0.15, -0.1) is 0 Å². The molecule has 2 heterocycles. The molecule has 1 aromatic heterocycles. The quantitative estimate of drug-likeness (QED) is 0.802. The van der Waals surface area contributed by atoms with Gasteiger partial charge < -0.3 is 9.64 Å². The Morgan fingerprint density at radius 1 is 1.26 bits per heavy atom. The van der Waals surface area contributed by atoms with Gasteiger partial charge in [-0.05, 0) is 35.4 Å². The third kappa shape index (κ3) is 2.79. The van der Waals surface area contributed by atoms with Gasteiger partial charge >= 0.3 is 0 Å². The van der Waals surface area contributed by atoms with Gasteiger partial charge in [-0.2, -0.15) is 0 Å². The zero-order chi connectivity index (χ0) is 13.2. The normalized spacial score (nSPS) is 21.0. The van der Waals surface area contributed by atoms with Crippen LogP contribution in [0.1, 0.15) is 37.3 Å². The summed E-state index contributed by atoms with van der Waals surface area (Å²) >= 11 is 2.13. The Balaban J connectivity index is 1.94. The number of rotatable bonds is 2. The first-order valence-electron chi connectivity index (χ1n) is 6.88. The van der Waals surface area contributed by atoms with Gasteiger partial charge in [0.15, 0.2) is 0 Å². The Labute approximate surface area is 125 Å². The summed E-state index contributed by atoms with van der Waals surface area (Å²) in [6, 6.07) is 0. The highest BCUT2D eigenvalue weighted by molar-refractivity contribution is 14.1. The maximum atomic E-state index is 12.1. The van der Waals surface area contributed by atoms with Crippen LogP contribution in [-0.2, 0) is 4.74 Å². The van der Waals surface area contributed by atoms with E-state index in [-0.39, 0.29) is 5.56 Å². The van der Waals surface area contributed by atoms with Crippen LogP contribution in [0.25, 0.3) is 0 Å². The second-order valence-corrected chi connectivity index (χ2v) is 6.25. The molecule has 1 aliphatic heterocycles. The molecule has 0 aromatic carbocycles. The van der Waals surface area contributed by atoms with Gasteiger partial charge in [-0.25, -0.2) is 4.98 Å². The Morgan fingerprint density at radius 3 is 2.63 bits per heavy atom. The van der Waals surface area contributed by atoms with Crippen LogP contribution in [0, 0.1) is 3.57 Å². The van der Waals surface area contributed by atoms with Crippen molar-refractivity contribution in [3.05, 3.63) is 19.6 Å². The van der Waals surface area contributed by atoms with Gasteiger partial charge in [0.2, 0.25) is 5.95 Å². The molecular weight excluding hydrogens is 357 g/mol. The van der Waals surface area contributed by atoms with Crippen LogP contribution in [0.3, 0.4) is 0 Å². The van der Waals surface area contributed by atoms with Crippen molar-refractivity contribution in [1.82, 2.24) is 9.97 Å². The molecule has 0 spiro atoms. The maximum absolute atomic E-state index is 12.1. The van der Waals surface area contributed by atoms with Crippen molar-refractivity contribution in [3.8, 4) is 0 Å². The van der Waals surface area contributed by atoms with Crippen molar-refractivity contribution in [2.75, 3.05) is 31.2 Å². The van der Waals surface area contributed by atoms with Crippen molar-refractivity contribution in [3.63, 3.8) is 0 Å². The second kappa shape index (κ2) is 5.78. The van der Waals surface area contributed by atoms with E-state index in [1.807, 2.05) is 0 Å². The van der Waals surface area contributed by atoms with E-state index in [0.717, 1.165) is 41.1 Å². The average molecular weight is 375 g/mol. The lowest BCUT2D eigenvalue weighted by Gasteiger charge is -2.28. The van der Waals surface area contributed by atoms with Crippen molar-refractivity contribution >= 4 is 28.5 Å². The van der Waals surface area contributed by atoms with Crippen LogP contribution in [0.15, 0.2) is 4.79 Å². The number of halogens is 1. The van der Waals surface area contributed by atoms with E-state index >= 15 is 0 Å². The lowest BCUT2D eigenvalue weighted by atomic mass is 10.0. The minimum atomic E-state index is -0.000933. The third-order valence-electron chi connectivity index (χ3n) is 3.93. The van der Waals surface area contributed by atoms with Crippen molar-refractivity contribution in [1.29, 1.82) is 0 Å². The predicted octanol–water partition coefficient (Wildman–Crippen LogP) is 1.87. The number of morpholine rings is 1. The van der Waals surface area contributed by atoms with Gasteiger partial charge in [-0.1, -0.05) is 12.8 Å². The first-order valence-corrected chi connectivity index (χ1v) is 7.96. The molecule has 2 fully saturated rings. The molecule has 6 heteroatoms. The molecule has 0 unspecified atom stereocenters. The number of H-pyrrole nitrogens is 1. The first-order chi connectivity index (χ1) is 9.25. The number of aromatic nitrogens is 2. The van der Waals surface area contributed by atoms with E-state index < -0.39 is 0 Å². The van der Waals surface area contributed by atoms with Crippen LogP contribution in [0.5, 0.6) is 0 Å². The van der Waals surface area contributed by atoms with E-state index in [0.29, 0.717) is 19.1 Å². The van der Waals surface area contributed by atoms with Crippen molar-refractivity contribution in [2.45, 2.75) is 31.6 Å². The summed E-state index contributed by atoms with van der Waals surface area (Å²) in [6.07, 6.45) is 4.83. The molecule has 1 saturated heterocycles. The van der Waals surface area contributed by atoms with Crippen LogP contribution in [0.2, 0.25) is 0 Å². The number of ether oxygens (including phenoxy) is 1. The van der Waals surface area contributed by atoms with Gasteiger partial charge in [-0.3, -0.25) is 9.78 Å². The zero-order valence-electron chi connectivity index (χ0n) is 10.8. The molecular formula is C13H18IN3O2. The highest BCUT2D eigenvalue weighted by atomic mass is 127. The molecule has 0 amide bonds. The Bertz CT molecular complexity index is 505. The van der Waals surface area contributed by atoms with E-state index in [2.05, 4.69) is 32.5 Å². The summed E-state index contributed by atoms with van der Waals surface area (Å²) in [5, 5.41) is 0. The molecule has 1 aliphatic carbocycles. The highest BCUT2D eigenvalue weighted by Crippen LogP contribution is 2.34. The van der Waals surface area contributed by atoms with E-state index in [1.165, 1.54) is 12.8 Å². The van der Waals surface area contributed by atoms with Gasteiger partial charge in [0.1, 0.15) is 3.57 Å². The minimum absolute atomic E-state index is 0.000933. The van der Waals surface area contributed by atoms with E-state index in [1.54, 1.807) is 0 Å². The highest BCUT2D eigenvalue weighted by Gasteiger charge is 2.24. The fraction of sp³-hybridized carbons (Fsp3) is 0.692. The fourth-order valence-corrected chi connectivity index (χ4v) is 3.55. The zero-order valence-corrected chi connectivity index (χ0v) is 13.0. The van der Waals surface area contributed by atoms with Gasteiger partial charge in [0, 0.05) is 19.0 Å². The van der Waals surface area contributed by atoms with E-state index in [4.69, 9.17) is 9.72 Å². The molecule has 19 heavy (non-hydrogen) atoms. The maximum Gasteiger partial charge on any atom is 0.266 e. The largest absolute Gasteiger partial charge is 0.378 e. The molecule has 0 radical (unpaired) electrons. The smallest absolute Gasteiger partial charge is 0.266 e. The second-order valence-electron chi connectivity index (χ2n) is 5.17. The Kier molecular flexibility index (Phi) is 4.07. The minimum Gasteiger partial charge on any atom is -0.378 e. The average Bonchev–Trinajstić information content (AvgIpc) is 2.96. The van der Waals surface area contributed by atoms with Crippen LogP contribution < -0.4 is 10.5 Å². The number of hydrogen-bond acceptors (Lipinski definition) is 4. The molecule has 0 bridgehead atoms. The van der Waals surface area contributed by atoms with Crippen LogP contribution >= 0.6 is 22.6 Å². The summed E-state index contributed by atoms with van der Waals surface area (Å²) < 4.78 is 6.11. The molecule has 1 N–H and O–H groups in total. The lowest BCUT2D eigenvalue weighted by molar-refractivity contribution is 0.122. The summed E-state index contributed by atoms with van der Waals surface area (Å²) in [5.74, 6) is 1.18. The van der Waals surface area contributed by atoms with Crippen molar-refractivity contribution < 1.29 is 4.74 Å². The number of nitrogens with one attached hydrogen (secondary N) is 1. The fourth-order valence-electron chi connectivity index (χ4n) is 2.86. The first kappa shape index (κ1) is 13.4. The number of aromatic amines is 1. The Morgan fingerprint density at radius 2 is 1.95 bits per heavy atom. The molecule has 1 saturated carbocycles. The molecule has 2 aliphatic rings. The summed E-state index contributed by atoms with van der Waals surface area (Å²) in [4.78, 5) is 21.9. The molecule has 1 aromatic rings. The molecule has 3 rings (SSSR count). The molecule has 0 atom stereocenters. The standard InChI is InChI=1S/C13H18IN3O2/c14-10-11(9-3-1-2-4-9)15-13(16-12(10)18)17-5-7-19-8-6-17/h9H,1-8H2,(H,15,16,18). The molecule has 104 valence electrons. The summed E-state index contributed by atoms with van der Waals surface area (Å²) in [7, 11) is 0. The van der Waals surface area contributed by atoms with E-state index in [9.17, 15) is 4.79 Å². The third-order valence-corrected chi connectivity index (χ3v) is 4.97. The number of anilines is 1. The van der Waals surface area contributed by atoms with Crippen molar-refractivity contribution in [2.24, 2.45) is 0 Å². The number of hydrogen-bond donors (Lipinski definition) is 1. The Hall–Kier alpha value is -0.630. The SMILES string of the molecule is O=c1[nH]c(N2CCOCC2)nc(C2CCCC2)c1I. The topological polar surface area (TPSA) is 58.2 Å². The predicted molar refractivity (Wildman–Crippen MR) is 81.8 cm³/mol. The summed E-state index contributed by atoms with van der Waals surface area (Å²) in [6.45, 7) is 3.00. The van der Waals surface area contributed by atoms with Crippen LogP contribution in [-0.4, -0.2) is 36.3 Å². The van der Waals surface area contributed by atoms with Crippen LogP contribution in [0.4, 0.5) is 5.95 Å². The lowest BCUT2D eigenvalue weighted by Crippen LogP contribution is -2.38. The van der Waals surface area contributed by atoms with Gasteiger partial charge in [0.05, 0.1) is 18.9 Å². The number of nitrogens with zero attached hydrogens (tertiary/aromatic N) is 2. The monoisotopic (exact) mass is 375 g/mol. The summed E-state index contributed by atoms with van der Waals surface area (Å²) in [5.41, 5.74) is 1.00. The molecule has 5 nitrogen and oxygen atoms in total.